The van der Waals surface area contributed by atoms with Crippen molar-refractivity contribution in [3.63, 3.8) is 0 Å². The number of aryl methyl sites for hydroxylation is 1. The fraction of sp³-hybridized carbons (Fsp3) is 0.364. The Morgan fingerprint density at radius 2 is 2.06 bits per heavy atom. The first kappa shape index (κ1) is 12.8. The van der Waals surface area contributed by atoms with Crippen molar-refractivity contribution in [2.75, 3.05) is 14.2 Å². The lowest BCUT2D eigenvalue weighted by molar-refractivity contribution is -0.150. The minimum atomic E-state index is -1.40. The van der Waals surface area contributed by atoms with Crippen molar-refractivity contribution >= 4 is 17.6 Å². The molecule has 1 atom stereocenters. The lowest BCUT2D eigenvalue weighted by Crippen LogP contribution is -2.14. The number of aliphatic hydroxyl groups excluding tert-OH is 1. The van der Waals surface area contributed by atoms with Crippen molar-refractivity contribution in [3.05, 3.63) is 28.3 Å². The Kier molecular flexibility index (Phi) is 4.15. The molecule has 1 N–H and O–H groups in total. The standard InChI is InChI=1S/C11H13ClO4/c1-6-4-7(15-2)5-8(9(6)12)10(13)11(14)16-3/h4-5,10,13H,1-3H3. The van der Waals surface area contributed by atoms with E-state index in [2.05, 4.69) is 4.74 Å². The summed E-state index contributed by atoms with van der Waals surface area (Å²) in [5.41, 5.74) is 1.00. The highest BCUT2D eigenvalue weighted by Crippen LogP contribution is 2.31. The summed E-state index contributed by atoms with van der Waals surface area (Å²) in [5, 5.41) is 10.0. The van der Waals surface area contributed by atoms with Gasteiger partial charge in [-0.05, 0) is 24.6 Å². The second kappa shape index (κ2) is 5.18. The quantitative estimate of drug-likeness (QED) is 0.825. The summed E-state index contributed by atoms with van der Waals surface area (Å²) < 4.78 is 9.48. The number of hydrogen-bond donors (Lipinski definition) is 1. The molecule has 0 amide bonds. The van der Waals surface area contributed by atoms with E-state index < -0.39 is 12.1 Å². The van der Waals surface area contributed by atoms with Crippen LogP contribution >= 0.6 is 11.6 Å². The summed E-state index contributed by atoms with van der Waals surface area (Å²) in [6.07, 6.45) is -1.40. The number of methoxy groups -OCH3 is 2. The SMILES string of the molecule is COC(=O)C(O)c1cc(OC)cc(C)c1Cl. The van der Waals surface area contributed by atoms with Crippen LogP contribution in [0.25, 0.3) is 0 Å². The lowest BCUT2D eigenvalue weighted by atomic mass is 10.1. The Morgan fingerprint density at radius 3 is 2.56 bits per heavy atom. The van der Waals surface area contributed by atoms with Crippen LogP contribution in [0.1, 0.15) is 17.2 Å². The van der Waals surface area contributed by atoms with Gasteiger partial charge in [0.15, 0.2) is 6.10 Å². The highest BCUT2D eigenvalue weighted by Gasteiger charge is 2.22. The fourth-order valence-electron chi connectivity index (χ4n) is 1.32. The van der Waals surface area contributed by atoms with Crippen molar-refractivity contribution in [1.29, 1.82) is 0 Å². The molecule has 1 aromatic rings. The van der Waals surface area contributed by atoms with Crippen molar-refractivity contribution in [3.8, 4) is 5.75 Å². The second-order valence-electron chi connectivity index (χ2n) is 3.27. The molecule has 88 valence electrons. The zero-order valence-corrected chi connectivity index (χ0v) is 10.0. The first-order valence-corrected chi connectivity index (χ1v) is 4.99. The lowest BCUT2D eigenvalue weighted by Gasteiger charge is -2.13. The van der Waals surface area contributed by atoms with Gasteiger partial charge in [-0.1, -0.05) is 11.6 Å². The first-order valence-electron chi connectivity index (χ1n) is 4.61. The molecular formula is C11H13ClO4. The number of benzene rings is 1. The molecule has 5 heteroatoms. The van der Waals surface area contributed by atoms with Gasteiger partial charge in [0.1, 0.15) is 5.75 Å². The first-order chi connectivity index (χ1) is 7.51. The Balaban J connectivity index is 3.21. The fourth-order valence-corrected chi connectivity index (χ4v) is 1.53. The van der Waals surface area contributed by atoms with E-state index in [4.69, 9.17) is 16.3 Å². The van der Waals surface area contributed by atoms with Gasteiger partial charge < -0.3 is 14.6 Å². The molecule has 0 aromatic heterocycles. The molecular weight excluding hydrogens is 232 g/mol. The van der Waals surface area contributed by atoms with Gasteiger partial charge in [-0.25, -0.2) is 4.79 Å². The molecule has 0 bridgehead atoms. The normalized spacial score (nSPS) is 12.1. The number of rotatable bonds is 3. The predicted molar refractivity (Wildman–Crippen MR) is 59.7 cm³/mol. The summed E-state index contributed by atoms with van der Waals surface area (Å²) in [5.74, 6) is -0.227. The average Bonchev–Trinajstić information content (AvgIpc) is 2.30. The molecule has 1 unspecified atom stereocenters. The van der Waals surface area contributed by atoms with E-state index in [9.17, 15) is 9.90 Å². The number of hydrogen-bond acceptors (Lipinski definition) is 4. The van der Waals surface area contributed by atoms with Crippen LogP contribution in [0, 0.1) is 6.92 Å². The summed E-state index contributed by atoms with van der Waals surface area (Å²) in [4.78, 5) is 11.2. The molecule has 0 saturated heterocycles. The van der Waals surface area contributed by atoms with Crippen molar-refractivity contribution in [1.82, 2.24) is 0 Å². The number of halogens is 1. The van der Waals surface area contributed by atoms with Gasteiger partial charge in [-0.3, -0.25) is 0 Å². The van der Waals surface area contributed by atoms with Gasteiger partial charge in [0.2, 0.25) is 0 Å². The van der Waals surface area contributed by atoms with Gasteiger partial charge in [-0.2, -0.15) is 0 Å². The summed E-state index contributed by atoms with van der Waals surface area (Å²) in [6.45, 7) is 1.76. The van der Waals surface area contributed by atoms with Crippen LogP contribution in [0.3, 0.4) is 0 Å². The van der Waals surface area contributed by atoms with Gasteiger partial charge in [-0.15, -0.1) is 0 Å². The molecule has 0 aliphatic rings. The molecule has 0 aliphatic heterocycles. The Hall–Kier alpha value is -1.26. The Morgan fingerprint density at radius 1 is 1.44 bits per heavy atom. The van der Waals surface area contributed by atoms with Crippen LogP contribution < -0.4 is 4.74 Å². The highest BCUT2D eigenvalue weighted by molar-refractivity contribution is 6.32. The minimum Gasteiger partial charge on any atom is -0.497 e. The van der Waals surface area contributed by atoms with Gasteiger partial charge in [0.05, 0.1) is 19.2 Å². The molecule has 16 heavy (non-hydrogen) atoms. The van der Waals surface area contributed by atoms with Crippen LogP contribution in [0.2, 0.25) is 5.02 Å². The average molecular weight is 245 g/mol. The smallest absolute Gasteiger partial charge is 0.339 e. The molecule has 0 saturated carbocycles. The molecule has 0 heterocycles. The third-order valence-corrected chi connectivity index (χ3v) is 2.73. The number of esters is 1. The van der Waals surface area contributed by atoms with Crippen LogP contribution in [0.15, 0.2) is 12.1 Å². The van der Waals surface area contributed by atoms with Gasteiger partial charge in [0.25, 0.3) is 0 Å². The maximum absolute atomic E-state index is 11.2. The van der Waals surface area contributed by atoms with Crippen LogP contribution in [0.4, 0.5) is 0 Å². The zero-order valence-electron chi connectivity index (χ0n) is 9.28. The number of carbonyl (C=O) groups excluding carboxylic acids is 1. The third kappa shape index (κ3) is 2.46. The second-order valence-corrected chi connectivity index (χ2v) is 3.65. The van der Waals surface area contributed by atoms with E-state index in [1.54, 1.807) is 13.0 Å². The maximum atomic E-state index is 11.2. The van der Waals surface area contributed by atoms with Crippen molar-refractivity contribution in [2.45, 2.75) is 13.0 Å². The predicted octanol–water partition coefficient (Wildman–Crippen LogP) is 1.86. The highest BCUT2D eigenvalue weighted by atomic mass is 35.5. The van der Waals surface area contributed by atoms with Crippen molar-refractivity contribution in [2.24, 2.45) is 0 Å². The van der Waals surface area contributed by atoms with Crippen LogP contribution in [-0.2, 0) is 9.53 Å². The monoisotopic (exact) mass is 244 g/mol. The molecule has 4 nitrogen and oxygen atoms in total. The Bertz CT molecular complexity index is 403. The van der Waals surface area contributed by atoms with Crippen molar-refractivity contribution < 1.29 is 19.4 Å². The van der Waals surface area contributed by atoms with E-state index >= 15 is 0 Å². The van der Waals surface area contributed by atoms with E-state index in [1.165, 1.54) is 20.3 Å². The molecule has 1 rings (SSSR count). The number of aliphatic hydroxyl groups is 1. The Labute approximate surface area is 98.7 Å². The van der Waals surface area contributed by atoms with E-state index in [0.717, 1.165) is 5.56 Å². The summed E-state index contributed by atoms with van der Waals surface area (Å²) in [6, 6.07) is 3.23. The van der Waals surface area contributed by atoms with Gasteiger partial charge >= 0.3 is 5.97 Å². The largest absolute Gasteiger partial charge is 0.497 e. The zero-order chi connectivity index (χ0) is 12.3. The topological polar surface area (TPSA) is 55.8 Å². The summed E-state index contributed by atoms with van der Waals surface area (Å²) in [7, 11) is 2.70. The number of carbonyl (C=O) groups is 1. The van der Waals surface area contributed by atoms with Gasteiger partial charge in [0, 0.05) is 5.56 Å². The van der Waals surface area contributed by atoms with E-state index in [0.29, 0.717) is 10.8 Å². The van der Waals surface area contributed by atoms with E-state index in [-0.39, 0.29) is 5.56 Å². The number of ether oxygens (including phenoxy) is 2. The minimum absolute atomic E-state index is 0.283. The maximum Gasteiger partial charge on any atom is 0.339 e. The summed E-state index contributed by atoms with van der Waals surface area (Å²) >= 11 is 5.99. The molecule has 0 radical (unpaired) electrons. The van der Waals surface area contributed by atoms with Crippen LogP contribution in [-0.4, -0.2) is 25.3 Å². The van der Waals surface area contributed by atoms with E-state index in [1.807, 2.05) is 0 Å². The molecule has 0 spiro atoms. The third-order valence-electron chi connectivity index (χ3n) is 2.21. The molecule has 0 aliphatic carbocycles. The molecule has 0 fully saturated rings. The molecule has 1 aromatic carbocycles. The van der Waals surface area contributed by atoms with Crippen LogP contribution in [0.5, 0.6) is 5.75 Å².